The van der Waals surface area contributed by atoms with Crippen molar-refractivity contribution in [3.63, 3.8) is 0 Å². The fraction of sp³-hybridized carbons (Fsp3) is 0.158. The molecule has 1 amide bonds. The number of anilines is 1. The minimum atomic E-state index is -4.50. The van der Waals surface area contributed by atoms with Crippen LogP contribution in [0.15, 0.2) is 58.8 Å². The smallest absolute Gasteiger partial charge is 0.416 e. The number of para-hydroxylation sites is 1. The molecular weight excluding hydrogens is 389 g/mol. The number of aromatic nitrogens is 1. The van der Waals surface area contributed by atoms with Crippen molar-refractivity contribution < 1.29 is 27.9 Å². The molecule has 0 aliphatic heterocycles. The van der Waals surface area contributed by atoms with E-state index in [0.717, 1.165) is 16.7 Å². The van der Waals surface area contributed by atoms with Crippen molar-refractivity contribution in [2.24, 2.45) is 10.2 Å². The van der Waals surface area contributed by atoms with Crippen LogP contribution in [0.4, 0.5) is 24.5 Å². The average Bonchev–Trinajstić information content (AvgIpc) is 2.95. The van der Waals surface area contributed by atoms with E-state index in [2.05, 4.69) is 15.5 Å². The maximum absolute atomic E-state index is 12.7. The molecule has 0 saturated carbocycles. The van der Waals surface area contributed by atoms with E-state index in [1.54, 1.807) is 24.3 Å². The molecule has 3 aromatic rings. The lowest BCUT2D eigenvalue weighted by Gasteiger charge is -2.09. The molecule has 2 aromatic carbocycles. The number of nitrogens with one attached hydrogen (secondary N) is 1. The summed E-state index contributed by atoms with van der Waals surface area (Å²) >= 11 is 0. The topological polar surface area (TPSA) is 96.1 Å². The molecule has 0 aliphatic carbocycles. The SMILES string of the molecule is CC(=O)n1c(O)c(N=NC(=O)CNc2cccc(C(F)(F)F)c2)c2ccccc21. The molecule has 10 heteroatoms. The van der Waals surface area contributed by atoms with Gasteiger partial charge in [-0.05, 0) is 24.3 Å². The van der Waals surface area contributed by atoms with E-state index in [-0.39, 0.29) is 11.4 Å². The number of carbonyl (C=O) groups is 2. The number of alkyl halides is 3. The molecule has 1 aromatic heterocycles. The predicted molar refractivity (Wildman–Crippen MR) is 99.4 cm³/mol. The lowest BCUT2D eigenvalue weighted by molar-refractivity contribution is -0.137. The Balaban J connectivity index is 1.77. The predicted octanol–water partition coefficient (Wildman–Crippen LogP) is 4.75. The van der Waals surface area contributed by atoms with E-state index in [9.17, 15) is 27.9 Å². The number of amides is 1. The molecule has 0 unspecified atom stereocenters. The molecule has 7 nitrogen and oxygen atoms in total. The number of azo groups is 1. The van der Waals surface area contributed by atoms with E-state index in [1.807, 2.05) is 0 Å². The van der Waals surface area contributed by atoms with Crippen LogP contribution in [0.25, 0.3) is 10.9 Å². The Hall–Kier alpha value is -3.69. The molecule has 0 bridgehead atoms. The van der Waals surface area contributed by atoms with Gasteiger partial charge in [0.25, 0.3) is 5.91 Å². The number of benzene rings is 2. The molecule has 3 rings (SSSR count). The van der Waals surface area contributed by atoms with Crippen molar-refractivity contribution in [1.29, 1.82) is 0 Å². The van der Waals surface area contributed by atoms with Crippen LogP contribution in [0, 0.1) is 0 Å². The van der Waals surface area contributed by atoms with Crippen LogP contribution in [-0.4, -0.2) is 28.0 Å². The van der Waals surface area contributed by atoms with E-state index < -0.39 is 36.0 Å². The molecule has 2 N–H and O–H groups in total. The number of hydrogen-bond acceptors (Lipinski definition) is 5. The van der Waals surface area contributed by atoms with Crippen LogP contribution in [0.2, 0.25) is 0 Å². The molecule has 0 atom stereocenters. The van der Waals surface area contributed by atoms with Crippen molar-refractivity contribution in [1.82, 2.24) is 4.57 Å². The van der Waals surface area contributed by atoms with Crippen molar-refractivity contribution >= 4 is 34.1 Å². The van der Waals surface area contributed by atoms with Crippen LogP contribution < -0.4 is 5.32 Å². The number of halogens is 3. The molecule has 0 fully saturated rings. The summed E-state index contributed by atoms with van der Waals surface area (Å²) in [5, 5.41) is 20.4. The second-order valence-electron chi connectivity index (χ2n) is 6.07. The van der Waals surface area contributed by atoms with E-state index in [1.165, 1.54) is 19.1 Å². The molecule has 0 spiro atoms. The van der Waals surface area contributed by atoms with Crippen LogP contribution in [0.1, 0.15) is 17.3 Å². The zero-order valence-electron chi connectivity index (χ0n) is 15.1. The van der Waals surface area contributed by atoms with Gasteiger partial charge in [0.1, 0.15) is 0 Å². The number of fused-ring (bicyclic) bond motifs is 1. The number of aromatic hydroxyl groups is 1. The highest BCUT2D eigenvalue weighted by Gasteiger charge is 2.30. The third kappa shape index (κ3) is 4.26. The average molecular weight is 404 g/mol. The normalized spacial score (nSPS) is 11.9. The fourth-order valence-corrected chi connectivity index (χ4v) is 2.75. The van der Waals surface area contributed by atoms with Gasteiger partial charge in [0.2, 0.25) is 11.8 Å². The molecule has 1 heterocycles. The summed E-state index contributed by atoms with van der Waals surface area (Å²) in [6.45, 7) is 0.855. The van der Waals surface area contributed by atoms with Crippen molar-refractivity contribution in [3.05, 3.63) is 54.1 Å². The number of rotatable bonds is 4. The van der Waals surface area contributed by atoms with E-state index >= 15 is 0 Å². The summed E-state index contributed by atoms with van der Waals surface area (Å²) in [6.07, 6.45) is -4.50. The minimum Gasteiger partial charge on any atom is -0.493 e. The summed E-state index contributed by atoms with van der Waals surface area (Å²) in [4.78, 5) is 23.7. The highest BCUT2D eigenvalue weighted by molar-refractivity contribution is 6.02. The highest BCUT2D eigenvalue weighted by atomic mass is 19.4. The number of nitrogens with zero attached hydrogens (tertiary/aromatic N) is 3. The molecule has 29 heavy (non-hydrogen) atoms. The molecule has 150 valence electrons. The Bertz CT molecular complexity index is 1120. The van der Waals surface area contributed by atoms with Crippen LogP contribution in [0.3, 0.4) is 0 Å². The second kappa shape index (κ2) is 7.74. The third-order valence-corrected chi connectivity index (χ3v) is 4.03. The van der Waals surface area contributed by atoms with Crippen molar-refractivity contribution in [2.45, 2.75) is 13.1 Å². The van der Waals surface area contributed by atoms with E-state index in [0.29, 0.717) is 10.9 Å². The Morgan fingerprint density at radius 3 is 2.55 bits per heavy atom. The first-order valence-electron chi connectivity index (χ1n) is 8.37. The first-order chi connectivity index (χ1) is 13.7. The summed E-state index contributed by atoms with van der Waals surface area (Å²) in [5.74, 6) is -1.68. The molecular formula is C19H15F3N4O3. The van der Waals surface area contributed by atoms with Gasteiger partial charge in [-0.1, -0.05) is 24.3 Å². The van der Waals surface area contributed by atoms with Crippen LogP contribution in [-0.2, 0) is 11.0 Å². The first-order valence-corrected chi connectivity index (χ1v) is 8.37. The van der Waals surface area contributed by atoms with Gasteiger partial charge in [-0.3, -0.25) is 9.59 Å². The fourth-order valence-electron chi connectivity index (χ4n) is 2.75. The quantitative estimate of drug-likeness (QED) is 0.614. The van der Waals surface area contributed by atoms with Gasteiger partial charge in [-0.2, -0.15) is 13.2 Å². The van der Waals surface area contributed by atoms with E-state index in [4.69, 9.17) is 0 Å². The van der Waals surface area contributed by atoms with Gasteiger partial charge in [0.15, 0.2) is 5.69 Å². The zero-order chi connectivity index (χ0) is 21.2. The largest absolute Gasteiger partial charge is 0.493 e. The number of hydrogen-bond donors (Lipinski definition) is 2. The summed E-state index contributed by atoms with van der Waals surface area (Å²) < 4.78 is 39.2. The Kier molecular flexibility index (Phi) is 5.35. The lowest BCUT2D eigenvalue weighted by atomic mass is 10.2. The number of carbonyl (C=O) groups excluding carboxylic acids is 2. The Morgan fingerprint density at radius 2 is 1.86 bits per heavy atom. The summed E-state index contributed by atoms with van der Waals surface area (Å²) in [6, 6.07) is 10.9. The molecule has 0 radical (unpaired) electrons. The summed E-state index contributed by atoms with van der Waals surface area (Å²) in [5.41, 5.74) is -0.401. The molecule has 0 saturated heterocycles. The molecule has 0 aliphatic rings. The summed E-state index contributed by atoms with van der Waals surface area (Å²) in [7, 11) is 0. The van der Waals surface area contributed by atoms with Crippen LogP contribution in [0.5, 0.6) is 5.88 Å². The van der Waals surface area contributed by atoms with Gasteiger partial charge in [-0.15, -0.1) is 10.2 Å². The lowest BCUT2D eigenvalue weighted by Crippen LogP contribution is -2.12. The highest BCUT2D eigenvalue weighted by Crippen LogP contribution is 2.38. The van der Waals surface area contributed by atoms with Gasteiger partial charge in [0.05, 0.1) is 17.6 Å². The standard InChI is InChI=1S/C19H15F3N4O3/c1-11(27)26-15-8-3-2-7-14(15)17(18(26)29)25-24-16(28)10-23-13-6-4-5-12(9-13)19(20,21)22/h2-9,23,29H,10H2,1H3. The monoisotopic (exact) mass is 404 g/mol. The van der Waals surface area contributed by atoms with Crippen molar-refractivity contribution in [3.8, 4) is 5.88 Å². The maximum atomic E-state index is 12.7. The first kappa shape index (κ1) is 20.1. The maximum Gasteiger partial charge on any atom is 0.416 e. The zero-order valence-corrected chi connectivity index (χ0v) is 15.1. The van der Waals surface area contributed by atoms with Gasteiger partial charge < -0.3 is 10.4 Å². The second-order valence-corrected chi connectivity index (χ2v) is 6.07. The van der Waals surface area contributed by atoms with Gasteiger partial charge in [0, 0.05) is 18.0 Å². The van der Waals surface area contributed by atoms with Gasteiger partial charge >= 0.3 is 6.18 Å². The van der Waals surface area contributed by atoms with Crippen LogP contribution >= 0.6 is 0 Å². The third-order valence-electron chi connectivity index (χ3n) is 4.03. The van der Waals surface area contributed by atoms with Crippen molar-refractivity contribution in [2.75, 3.05) is 11.9 Å². The Morgan fingerprint density at radius 1 is 1.14 bits per heavy atom. The minimum absolute atomic E-state index is 0.0526. The van der Waals surface area contributed by atoms with Gasteiger partial charge in [-0.25, -0.2) is 4.57 Å². The Labute approximate surface area is 162 Å².